The summed E-state index contributed by atoms with van der Waals surface area (Å²) >= 11 is 0. The molecule has 14 heavy (non-hydrogen) atoms. The molecule has 1 aliphatic rings. The molecular formula is C12H25NO. The van der Waals surface area contributed by atoms with Crippen LogP contribution in [0.2, 0.25) is 0 Å². The van der Waals surface area contributed by atoms with Gasteiger partial charge in [0.25, 0.3) is 0 Å². The number of hydrogen-bond donors (Lipinski definition) is 1. The zero-order chi connectivity index (χ0) is 10.6. The molecule has 0 aromatic rings. The van der Waals surface area contributed by atoms with E-state index in [9.17, 15) is 0 Å². The zero-order valence-electron chi connectivity index (χ0n) is 10.1. The van der Waals surface area contributed by atoms with Crippen LogP contribution in [-0.2, 0) is 4.74 Å². The van der Waals surface area contributed by atoms with Crippen LogP contribution < -0.4 is 5.32 Å². The van der Waals surface area contributed by atoms with Gasteiger partial charge in [-0.05, 0) is 31.1 Å². The van der Waals surface area contributed by atoms with Crippen LogP contribution in [0.25, 0.3) is 0 Å². The molecule has 1 N–H and O–H groups in total. The Labute approximate surface area is 88.4 Å². The van der Waals surface area contributed by atoms with Crippen molar-refractivity contribution in [1.29, 1.82) is 0 Å². The van der Waals surface area contributed by atoms with Crippen molar-refractivity contribution >= 4 is 0 Å². The highest BCUT2D eigenvalue weighted by Crippen LogP contribution is 2.27. The fourth-order valence-corrected chi connectivity index (χ4v) is 1.47. The normalized spacial score (nSPS) is 19.7. The Morgan fingerprint density at radius 3 is 2.43 bits per heavy atom. The molecule has 84 valence electrons. The third kappa shape index (κ3) is 4.43. The lowest BCUT2D eigenvalue weighted by Gasteiger charge is -2.30. The van der Waals surface area contributed by atoms with Crippen molar-refractivity contribution in [3.05, 3.63) is 0 Å². The third-order valence-corrected chi connectivity index (χ3v) is 2.98. The maximum absolute atomic E-state index is 5.53. The van der Waals surface area contributed by atoms with Gasteiger partial charge in [0.05, 0.1) is 6.61 Å². The van der Waals surface area contributed by atoms with Gasteiger partial charge in [0.15, 0.2) is 0 Å². The summed E-state index contributed by atoms with van der Waals surface area (Å²) in [6, 6.07) is 0.807. The second-order valence-electron chi connectivity index (χ2n) is 5.40. The fourth-order valence-electron chi connectivity index (χ4n) is 1.47. The van der Waals surface area contributed by atoms with Crippen LogP contribution in [0.4, 0.5) is 0 Å². The van der Waals surface area contributed by atoms with Crippen LogP contribution in [0.3, 0.4) is 0 Å². The van der Waals surface area contributed by atoms with Gasteiger partial charge in [0, 0.05) is 19.2 Å². The van der Waals surface area contributed by atoms with Crippen molar-refractivity contribution in [3.8, 4) is 0 Å². The Kier molecular flexibility index (Phi) is 4.39. The van der Waals surface area contributed by atoms with Gasteiger partial charge in [-0.3, -0.25) is 0 Å². The van der Waals surface area contributed by atoms with Crippen molar-refractivity contribution < 1.29 is 4.74 Å². The molecule has 0 spiro atoms. The van der Waals surface area contributed by atoms with Crippen molar-refractivity contribution in [3.63, 3.8) is 0 Å². The maximum atomic E-state index is 5.53. The number of rotatable bonds is 6. The highest BCUT2D eigenvalue weighted by Gasteiger charge is 2.27. The van der Waals surface area contributed by atoms with Gasteiger partial charge >= 0.3 is 0 Å². The Morgan fingerprint density at radius 2 is 2.00 bits per heavy atom. The first kappa shape index (κ1) is 12.0. The number of ether oxygens (including phenoxy) is 1. The SMILES string of the molecule is CCOCC(CNC1CC1)C(C)(C)C. The van der Waals surface area contributed by atoms with Gasteiger partial charge in [-0.1, -0.05) is 20.8 Å². The lowest BCUT2D eigenvalue weighted by Crippen LogP contribution is -2.36. The third-order valence-electron chi connectivity index (χ3n) is 2.98. The lowest BCUT2D eigenvalue weighted by molar-refractivity contribution is 0.0623. The molecule has 1 saturated carbocycles. The molecule has 2 nitrogen and oxygen atoms in total. The minimum Gasteiger partial charge on any atom is -0.381 e. The second kappa shape index (κ2) is 5.13. The Hall–Kier alpha value is -0.0800. The van der Waals surface area contributed by atoms with Crippen molar-refractivity contribution in [2.24, 2.45) is 11.3 Å². The Balaban J connectivity index is 2.26. The van der Waals surface area contributed by atoms with Crippen molar-refractivity contribution in [1.82, 2.24) is 5.32 Å². The summed E-state index contributed by atoms with van der Waals surface area (Å²) in [6.07, 6.45) is 2.73. The molecule has 1 aliphatic carbocycles. The van der Waals surface area contributed by atoms with Gasteiger partial charge in [-0.2, -0.15) is 0 Å². The van der Waals surface area contributed by atoms with Crippen LogP contribution >= 0.6 is 0 Å². The molecule has 0 aromatic carbocycles. The Bertz CT molecular complexity index is 158. The molecule has 0 bridgehead atoms. The molecule has 0 heterocycles. The van der Waals surface area contributed by atoms with E-state index in [0.717, 1.165) is 25.8 Å². The van der Waals surface area contributed by atoms with Gasteiger partial charge in [-0.15, -0.1) is 0 Å². The highest BCUT2D eigenvalue weighted by atomic mass is 16.5. The summed E-state index contributed by atoms with van der Waals surface area (Å²) in [7, 11) is 0. The predicted octanol–water partition coefficient (Wildman–Crippen LogP) is 2.44. The van der Waals surface area contributed by atoms with Gasteiger partial charge in [-0.25, -0.2) is 0 Å². The van der Waals surface area contributed by atoms with Crippen molar-refractivity contribution in [2.75, 3.05) is 19.8 Å². The summed E-state index contributed by atoms with van der Waals surface area (Å²) in [6.45, 7) is 11.8. The van der Waals surface area contributed by atoms with E-state index in [2.05, 4.69) is 33.0 Å². The topological polar surface area (TPSA) is 21.3 Å². The van der Waals surface area contributed by atoms with Gasteiger partial charge < -0.3 is 10.1 Å². The van der Waals surface area contributed by atoms with Crippen molar-refractivity contribution in [2.45, 2.75) is 46.6 Å². The van der Waals surface area contributed by atoms with Crippen LogP contribution in [0.1, 0.15) is 40.5 Å². The lowest BCUT2D eigenvalue weighted by atomic mass is 9.81. The summed E-state index contributed by atoms with van der Waals surface area (Å²) in [5.41, 5.74) is 0.344. The van der Waals surface area contributed by atoms with E-state index in [-0.39, 0.29) is 0 Å². The first-order chi connectivity index (χ1) is 6.54. The average molecular weight is 199 g/mol. The molecule has 1 rings (SSSR count). The summed E-state index contributed by atoms with van der Waals surface area (Å²) < 4.78 is 5.53. The van der Waals surface area contributed by atoms with Crippen LogP contribution in [-0.4, -0.2) is 25.8 Å². The monoisotopic (exact) mass is 199 g/mol. The molecule has 0 radical (unpaired) electrons. The first-order valence-corrected chi connectivity index (χ1v) is 5.85. The Morgan fingerprint density at radius 1 is 1.36 bits per heavy atom. The molecule has 0 aliphatic heterocycles. The fraction of sp³-hybridized carbons (Fsp3) is 1.00. The highest BCUT2D eigenvalue weighted by molar-refractivity contribution is 4.84. The number of hydrogen-bond acceptors (Lipinski definition) is 2. The largest absolute Gasteiger partial charge is 0.381 e. The smallest absolute Gasteiger partial charge is 0.0511 e. The van der Waals surface area contributed by atoms with Crippen LogP contribution in [0.15, 0.2) is 0 Å². The van der Waals surface area contributed by atoms with E-state index in [4.69, 9.17) is 4.74 Å². The second-order valence-corrected chi connectivity index (χ2v) is 5.40. The molecule has 0 amide bonds. The molecule has 1 fully saturated rings. The minimum atomic E-state index is 0.344. The quantitative estimate of drug-likeness (QED) is 0.709. The predicted molar refractivity (Wildman–Crippen MR) is 60.5 cm³/mol. The van der Waals surface area contributed by atoms with E-state index in [1.807, 2.05) is 0 Å². The van der Waals surface area contributed by atoms with Gasteiger partial charge in [0.1, 0.15) is 0 Å². The number of nitrogens with one attached hydrogen (secondary N) is 1. The van der Waals surface area contributed by atoms with Gasteiger partial charge in [0.2, 0.25) is 0 Å². The molecule has 1 atom stereocenters. The standard InChI is InChI=1S/C12H25NO/c1-5-14-9-10(12(2,3)4)8-13-11-6-7-11/h10-11,13H,5-9H2,1-4H3. The maximum Gasteiger partial charge on any atom is 0.0511 e. The first-order valence-electron chi connectivity index (χ1n) is 5.85. The van der Waals surface area contributed by atoms with E-state index < -0.39 is 0 Å². The van der Waals surface area contributed by atoms with Crippen LogP contribution in [0.5, 0.6) is 0 Å². The van der Waals surface area contributed by atoms with E-state index in [0.29, 0.717) is 11.3 Å². The zero-order valence-corrected chi connectivity index (χ0v) is 10.1. The van der Waals surface area contributed by atoms with E-state index >= 15 is 0 Å². The summed E-state index contributed by atoms with van der Waals surface area (Å²) in [5.74, 6) is 0.628. The molecule has 1 unspecified atom stereocenters. The molecular weight excluding hydrogens is 174 g/mol. The summed E-state index contributed by atoms with van der Waals surface area (Å²) in [4.78, 5) is 0. The minimum absolute atomic E-state index is 0.344. The molecule has 2 heteroatoms. The molecule has 0 saturated heterocycles. The summed E-state index contributed by atoms with van der Waals surface area (Å²) in [5, 5.41) is 3.59. The molecule has 0 aromatic heterocycles. The van der Waals surface area contributed by atoms with E-state index in [1.165, 1.54) is 12.8 Å². The average Bonchev–Trinajstić information content (AvgIpc) is 2.85. The van der Waals surface area contributed by atoms with E-state index in [1.54, 1.807) is 0 Å². The van der Waals surface area contributed by atoms with Crippen LogP contribution in [0, 0.1) is 11.3 Å².